The summed E-state index contributed by atoms with van der Waals surface area (Å²) >= 11 is 7.68. The van der Waals surface area contributed by atoms with E-state index < -0.39 is 0 Å². The van der Waals surface area contributed by atoms with Gasteiger partial charge >= 0.3 is 0 Å². The Morgan fingerprint density at radius 1 is 0.733 bits per heavy atom. The molecule has 0 atom stereocenters. The molecule has 0 unspecified atom stereocenters. The summed E-state index contributed by atoms with van der Waals surface area (Å²) in [6, 6.07) is 23.0. The molecular weight excluding hydrogens is 432 g/mol. The van der Waals surface area contributed by atoms with Gasteiger partial charge in [0, 0.05) is 14.7 Å². The zero-order valence-electron chi connectivity index (χ0n) is 17.9. The third-order valence-corrected chi connectivity index (χ3v) is 5.56. The molecule has 3 aromatic rings. The van der Waals surface area contributed by atoms with E-state index in [1.165, 1.54) is 4.90 Å². The van der Waals surface area contributed by atoms with Crippen molar-refractivity contribution in [2.75, 3.05) is 25.7 Å². The van der Waals surface area contributed by atoms with E-state index in [4.69, 9.17) is 14.6 Å². The van der Waals surface area contributed by atoms with Gasteiger partial charge in [0.15, 0.2) is 0 Å². The molecule has 30 heavy (non-hydrogen) atoms. The third kappa shape index (κ3) is 11.3. The summed E-state index contributed by atoms with van der Waals surface area (Å²) in [5, 5.41) is 9.03. The van der Waals surface area contributed by atoms with Crippen LogP contribution in [0, 0.1) is 0 Å². The Kier molecular flexibility index (Phi) is 13.8. The molecule has 0 aliphatic carbocycles. The van der Waals surface area contributed by atoms with Crippen LogP contribution in [-0.2, 0) is 0 Å². The lowest BCUT2D eigenvalue weighted by molar-refractivity contribution is 0.413. The van der Waals surface area contributed by atoms with Gasteiger partial charge in [-0.05, 0) is 66.1 Å². The van der Waals surface area contributed by atoms with Crippen molar-refractivity contribution in [2.24, 2.45) is 0 Å². The van der Waals surface area contributed by atoms with Gasteiger partial charge in [-0.3, -0.25) is 0 Å². The number of phenolic OH excluding ortho intramolecular Hbond substituents is 1. The van der Waals surface area contributed by atoms with Crippen LogP contribution < -0.4 is 9.47 Å². The number of hydrogen-bond acceptors (Lipinski definition) is 6. The second-order valence-corrected chi connectivity index (χ2v) is 8.94. The lowest BCUT2D eigenvalue weighted by atomic mass is 10.3. The molecule has 0 saturated carbocycles. The van der Waals surface area contributed by atoms with E-state index in [1.54, 1.807) is 38.1 Å². The summed E-state index contributed by atoms with van der Waals surface area (Å²) in [5.74, 6) is 4.28. The van der Waals surface area contributed by atoms with Crippen LogP contribution in [0.15, 0.2) is 87.5 Å². The van der Waals surface area contributed by atoms with Crippen molar-refractivity contribution in [3.63, 3.8) is 0 Å². The number of aromatic hydroxyl groups is 1. The standard InChI is InChI=1S/C9H12OS.C8H10OS.C7H8OS/c1-3-11-9-6-4-5-8(7-9)10-2;1-2-10-8-5-3-4-7(9)6-8;1-8-6-3-2-4-7(9)5-6/h4-7H,3H2,1-2H3;3-6,9H,2H2,1H3;2-5,9H,1H3. The Hall–Kier alpha value is -1.89. The molecule has 0 heterocycles. The SMILES string of the molecule is CCSc1cccc(O)c1.CCSc1cccc(OC)c1.COc1cccc(S)c1. The number of hydrogen-bond donors (Lipinski definition) is 2. The lowest BCUT2D eigenvalue weighted by Crippen LogP contribution is -1.81. The molecular formula is C24H30O3S3. The van der Waals surface area contributed by atoms with E-state index in [9.17, 15) is 0 Å². The van der Waals surface area contributed by atoms with Crippen molar-refractivity contribution < 1.29 is 14.6 Å². The fourth-order valence-electron chi connectivity index (χ4n) is 2.21. The van der Waals surface area contributed by atoms with Crippen LogP contribution in [-0.4, -0.2) is 30.8 Å². The summed E-state index contributed by atoms with van der Waals surface area (Å²) in [4.78, 5) is 3.32. The maximum absolute atomic E-state index is 9.03. The van der Waals surface area contributed by atoms with Crippen LogP contribution in [0.25, 0.3) is 0 Å². The van der Waals surface area contributed by atoms with Crippen LogP contribution >= 0.6 is 36.2 Å². The van der Waals surface area contributed by atoms with Gasteiger partial charge in [0.2, 0.25) is 0 Å². The summed E-state index contributed by atoms with van der Waals surface area (Å²) in [5.41, 5.74) is 0. The second kappa shape index (κ2) is 15.9. The van der Waals surface area contributed by atoms with Crippen LogP contribution in [0.5, 0.6) is 17.2 Å². The molecule has 3 nitrogen and oxygen atoms in total. The zero-order chi connectivity index (χ0) is 22.2. The minimum atomic E-state index is 0.346. The molecule has 0 spiro atoms. The predicted molar refractivity (Wildman–Crippen MR) is 134 cm³/mol. The number of thiol groups is 1. The number of thioether (sulfide) groups is 2. The highest BCUT2D eigenvalue weighted by molar-refractivity contribution is 7.99. The minimum absolute atomic E-state index is 0.346. The first-order chi connectivity index (χ1) is 14.5. The molecule has 0 bridgehead atoms. The van der Waals surface area contributed by atoms with Crippen molar-refractivity contribution in [3.8, 4) is 17.2 Å². The molecule has 0 aliphatic heterocycles. The van der Waals surface area contributed by atoms with Gasteiger partial charge in [-0.1, -0.05) is 32.0 Å². The molecule has 0 saturated heterocycles. The van der Waals surface area contributed by atoms with Crippen molar-refractivity contribution in [1.82, 2.24) is 0 Å². The Morgan fingerprint density at radius 2 is 1.23 bits per heavy atom. The average molecular weight is 463 g/mol. The monoisotopic (exact) mass is 462 g/mol. The number of rotatable bonds is 6. The summed E-state index contributed by atoms with van der Waals surface area (Å²) in [6.45, 7) is 4.23. The second-order valence-electron chi connectivity index (χ2n) is 5.74. The molecule has 0 aromatic heterocycles. The smallest absolute Gasteiger partial charge is 0.119 e. The van der Waals surface area contributed by atoms with E-state index in [0.717, 1.165) is 32.8 Å². The highest BCUT2D eigenvalue weighted by Gasteiger charge is 1.93. The Bertz CT molecular complexity index is 856. The number of methoxy groups -OCH3 is 2. The Balaban J connectivity index is 0.000000226. The topological polar surface area (TPSA) is 38.7 Å². The minimum Gasteiger partial charge on any atom is -0.508 e. The van der Waals surface area contributed by atoms with Crippen molar-refractivity contribution in [2.45, 2.75) is 28.5 Å². The highest BCUT2D eigenvalue weighted by Crippen LogP contribution is 2.22. The van der Waals surface area contributed by atoms with Gasteiger partial charge in [-0.25, -0.2) is 0 Å². The largest absolute Gasteiger partial charge is 0.508 e. The fraction of sp³-hybridized carbons (Fsp3) is 0.250. The molecule has 162 valence electrons. The van der Waals surface area contributed by atoms with Crippen LogP contribution in [0.4, 0.5) is 0 Å². The maximum atomic E-state index is 9.03. The molecule has 0 fully saturated rings. The van der Waals surface area contributed by atoms with E-state index in [1.807, 2.05) is 66.4 Å². The first-order valence-corrected chi connectivity index (χ1v) is 12.0. The normalized spacial score (nSPS) is 9.50. The quantitative estimate of drug-likeness (QED) is 0.297. The molecule has 0 amide bonds. The molecule has 1 N–H and O–H groups in total. The van der Waals surface area contributed by atoms with Crippen molar-refractivity contribution in [3.05, 3.63) is 72.8 Å². The molecule has 6 heteroatoms. The van der Waals surface area contributed by atoms with Gasteiger partial charge in [-0.15, -0.1) is 36.2 Å². The van der Waals surface area contributed by atoms with Gasteiger partial charge in [-0.2, -0.15) is 0 Å². The Labute approximate surface area is 194 Å². The predicted octanol–water partition coefficient (Wildman–Crippen LogP) is 7.30. The van der Waals surface area contributed by atoms with E-state index >= 15 is 0 Å². The van der Waals surface area contributed by atoms with E-state index in [-0.39, 0.29) is 0 Å². The molecule has 0 aliphatic rings. The lowest BCUT2D eigenvalue weighted by Gasteiger charge is -2.01. The van der Waals surface area contributed by atoms with Crippen LogP contribution in [0.1, 0.15) is 13.8 Å². The van der Waals surface area contributed by atoms with Crippen molar-refractivity contribution >= 4 is 36.2 Å². The summed E-state index contributed by atoms with van der Waals surface area (Å²) in [6.07, 6.45) is 0. The first-order valence-electron chi connectivity index (χ1n) is 9.54. The number of phenols is 1. The molecule has 3 aromatic carbocycles. The highest BCUT2D eigenvalue weighted by atomic mass is 32.2. The van der Waals surface area contributed by atoms with Crippen LogP contribution in [0.2, 0.25) is 0 Å². The van der Waals surface area contributed by atoms with Gasteiger partial charge in [0.05, 0.1) is 14.2 Å². The maximum Gasteiger partial charge on any atom is 0.119 e. The third-order valence-electron chi connectivity index (χ3n) is 3.53. The number of ether oxygens (including phenoxy) is 2. The first kappa shape index (κ1) is 26.1. The number of benzene rings is 3. The summed E-state index contributed by atoms with van der Waals surface area (Å²) < 4.78 is 10.0. The zero-order valence-corrected chi connectivity index (χ0v) is 20.4. The summed E-state index contributed by atoms with van der Waals surface area (Å²) in [7, 11) is 3.33. The van der Waals surface area contributed by atoms with E-state index in [2.05, 4.69) is 32.5 Å². The van der Waals surface area contributed by atoms with Crippen LogP contribution in [0.3, 0.4) is 0 Å². The molecule has 0 radical (unpaired) electrons. The Morgan fingerprint density at radius 3 is 1.70 bits per heavy atom. The van der Waals surface area contributed by atoms with E-state index in [0.29, 0.717) is 5.75 Å². The fourth-order valence-corrected chi connectivity index (χ4v) is 3.84. The van der Waals surface area contributed by atoms with Gasteiger partial charge < -0.3 is 14.6 Å². The van der Waals surface area contributed by atoms with Gasteiger partial charge in [0.1, 0.15) is 17.2 Å². The molecule has 3 rings (SSSR count). The van der Waals surface area contributed by atoms with Gasteiger partial charge in [0.25, 0.3) is 0 Å². The average Bonchev–Trinajstić information content (AvgIpc) is 2.75. The van der Waals surface area contributed by atoms with Crippen molar-refractivity contribution in [1.29, 1.82) is 0 Å².